The highest BCUT2D eigenvalue weighted by molar-refractivity contribution is 7.82. The van der Waals surface area contributed by atoms with Crippen molar-refractivity contribution in [1.29, 1.82) is 0 Å². The summed E-state index contributed by atoms with van der Waals surface area (Å²) < 4.78 is 20.4. The van der Waals surface area contributed by atoms with Gasteiger partial charge in [0.05, 0.1) is 23.1 Å². The number of ether oxygens (including phenoxy) is 1. The van der Waals surface area contributed by atoms with E-state index in [0.717, 1.165) is 37.7 Å². The smallest absolute Gasteiger partial charge is 0.246 e. The topological polar surface area (TPSA) is 99.7 Å². The summed E-state index contributed by atoms with van der Waals surface area (Å²) in [6.45, 7) is 9.74. The first-order chi connectivity index (χ1) is 14.0. The van der Waals surface area contributed by atoms with E-state index in [9.17, 15) is 14.1 Å². The lowest BCUT2D eigenvalue weighted by molar-refractivity contribution is -0.127. The van der Waals surface area contributed by atoms with Gasteiger partial charge in [-0.05, 0) is 57.6 Å². The molecule has 0 aromatic rings. The van der Waals surface area contributed by atoms with Crippen LogP contribution in [0.5, 0.6) is 0 Å². The van der Waals surface area contributed by atoms with Crippen molar-refractivity contribution in [2.45, 2.75) is 90.4 Å². The largest absolute Gasteiger partial charge is 0.471 e. The minimum Gasteiger partial charge on any atom is -0.471 e. The van der Waals surface area contributed by atoms with Crippen LogP contribution in [-0.4, -0.2) is 51.8 Å². The summed E-state index contributed by atoms with van der Waals surface area (Å²) in [6.07, 6.45) is 9.88. The van der Waals surface area contributed by atoms with Crippen LogP contribution in [0.1, 0.15) is 66.7 Å². The number of allylic oxidation sites excluding steroid dienone is 1. The van der Waals surface area contributed by atoms with Gasteiger partial charge in [-0.15, -0.1) is 0 Å². The second kappa shape index (κ2) is 10.4. The number of carbonyl (C=O) groups is 1. The zero-order valence-corrected chi connectivity index (χ0v) is 20.0. The van der Waals surface area contributed by atoms with Crippen molar-refractivity contribution in [2.24, 2.45) is 5.41 Å². The number of nitrogens with one attached hydrogen (secondary N) is 3. The number of aliphatic hydroxyl groups excluding tert-OH is 1. The summed E-state index contributed by atoms with van der Waals surface area (Å²) in [5.41, 5.74) is -0.211. The predicted molar refractivity (Wildman–Crippen MR) is 121 cm³/mol. The van der Waals surface area contributed by atoms with Gasteiger partial charge in [-0.1, -0.05) is 20.8 Å². The van der Waals surface area contributed by atoms with Crippen LogP contribution in [0.3, 0.4) is 0 Å². The standard InChI is InChI=1S/C22H39N3O4S/c1-7-18-12-15(21(2,3)14-26)13-19(29-18)23-20(27)22(4,5)24-16-8-10-17(11-9-16)25-30(6)28/h12-13,16-18,24-26H,7-11,14H2,1-6H3,(H,23,27). The van der Waals surface area contributed by atoms with Crippen LogP contribution in [0.2, 0.25) is 0 Å². The van der Waals surface area contributed by atoms with Gasteiger partial charge >= 0.3 is 0 Å². The quantitative estimate of drug-likeness (QED) is 0.440. The van der Waals surface area contributed by atoms with Gasteiger partial charge in [0.2, 0.25) is 5.91 Å². The number of rotatable bonds is 9. The highest BCUT2D eigenvalue weighted by Gasteiger charge is 2.34. The molecule has 0 bridgehead atoms. The molecule has 1 heterocycles. The summed E-state index contributed by atoms with van der Waals surface area (Å²) in [5.74, 6) is 0.278. The molecule has 1 fully saturated rings. The van der Waals surface area contributed by atoms with Crippen molar-refractivity contribution >= 4 is 16.9 Å². The van der Waals surface area contributed by atoms with Crippen LogP contribution < -0.4 is 15.4 Å². The Kier molecular flexibility index (Phi) is 8.68. The molecule has 2 unspecified atom stereocenters. The second-order valence-electron chi connectivity index (χ2n) is 9.58. The van der Waals surface area contributed by atoms with E-state index in [4.69, 9.17) is 4.74 Å². The van der Waals surface area contributed by atoms with E-state index >= 15 is 0 Å². The number of carbonyl (C=O) groups excluding carboxylic acids is 1. The SMILES string of the molecule is CCC1C=C(C(C)(C)CO)C=C(NC(=O)C(C)(C)NC2CCC(NS(C)=O)CC2)O1. The van der Waals surface area contributed by atoms with Gasteiger partial charge < -0.3 is 15.2 Å². The molecule has 0 spiro atoms. The van der Waals surface area contributed by atoms with Gasteiger partial charge in [0.15, 0.2) is 5.88 Å². The lowest BCUT2D eigenvalue weighted by Crippen LogP contribution is -2.57. The van der Waals surface area contributed by atoms with E-state index in [1.165, 1.54) is 0 Å². The Morgan fingerprint density at radius 3 is 2.33 bits per heavy atom. The van der Waals surface area contributed by atoms with E-state index in [0.29, 0.717) is 5.88 Å². The zero-order chi connectivity index (χ0) is 22.5. The van der Waals surface area contributed by atoms with Crippen LogP contribution in [0.25, 0.3) is 0 Å². The first-order valence-electron chi connectivity index (χ1n) is 10.9. The van der Waals surface area contributed by atoms with Crippen molar-refractivity contribution in [2.75, 3.05) is 12.9 Å². The Balaban J connectivity index is 1.98. The monoisotopic (exact) mass is 441 g/mol. The highest BCUT2D eigenvalue weighted by atomic mass is 32.2. The molecule has 0 saturated heterocycles. The molecular weight excluding hydrogens is 402 g/mol. The fourth-order valence-electron chi connectivity index (χ4n) is 3.83. The molecule has 0 radical (unpaired) electrons. The van der Waals surface area contributed by atoms with Gasteiger partial charge in [0, 0.05) is 29.8 Å². The Morgan fingerprint density at radius 2 is 1.80 bits per heavy atom. The second-order valence-corrected chi connectivity index (χ2v) is 10.7. The molecule has 2 aliphatic rings. The number of hydrogen-bond acceptors (Lipinski definition) is 5. The summed E-state index contributed by atoms with van der Waals surface area (Å²) in [4.78, 5) is 13.0. The molecule has 2 rings (SSSR count). The molecule has 2 atom stereocenters. The average Bonchev–Trinajstić information content (AvgIpc) is 2.68. The fourth-order valence-corrected chi connectivity index (χ4v) is 4.54. The first kappa shape index (κ1) is 25.0. The lowest BCUT2D eigenvalue weighted by Gasteiger charge is -2.36. The third-order valence-electron chi connectivity index (χ3n) is 5.94. The maximum absolute atomic E-state index is 13.0. The molecule has 7 nitrogen and oxygen atoms in total. The van der Waals surface area contributed by atoms with Crippen molar-refractivity contribution in [3.8, 4) is 0 Å². The molecular formula is C22H39N3O4S. The zero-order valence-electron chi connectivity index (χ0n) is 19.2. The fraction of sp³-hybridized carbons (Fsp3) is 0.773. The molecule has 1 aliphatic heterocycles. The third kappa shape index (κ3) is 6.90. The molecule has 8 heteroatoms. The Bertz CT molecular complexity index is 694. The van der Waals surface area contributed by atoms with Crippen LogP contribution in [0.15, 0.2) is 23.6 Å². The van der Waals surface area contributed by atoms with E-state index in [1.54, 1.807) is 6.26 Å². The summed E-state index contributed by atoms with van der Waals surface area (Å²) in [6, 6.07) is 0.514. The van der Waals surface area contributed by atoms with Gasteiger partial charge in [-0.25, -0.2) is 8.93 Å². The van der Waals surface area contributed by atoms with Crippen molar-refractivity contribution in [3.63, 3.8) is 0 Å². The number of hydrogen-bond donors (Lipinski definition) is 4. The lowest BCUT2D eigenvalue weighted by atomic mass is 9.83. The van der Waals surface area contributed by atoms with Crippen molar-refractivity contribution < 1.29 is 18.8 Å². The Labute approximate surface area is 183 Å². The summed E-state index contributed by atoms with van der Waals surface area (Å²) in [7, 11) is -0.994. The molecule has 4 N–H and O–H groups in total. The number of aliphatic hydroxyl groups is 1. The van der Waals surface area contributed by atoms with Crippen LogP contribution in [0.4, 0.5) is 0 Å². The molecule has 1 aliphatic carbocycles. The van der Waals surface area contributed by atoms with E-state index in [1.807, 2.05) is 46.8 Å². The molecule has 1 saturated carbocycles. The summed E-state index contributed by atoms with van der Waals surface area (Å²) >= 11 is 0. The molecule has 0 aromatic carbocycles. The maximum atomic E-state index is 13.0. The van der Waals surface area contributed by atoms with E-state index in [-0.39, 0.29) is 30.7 Å². The van der Waals surface area contributed by atoms with Crippen LogP contribution >= 0.6 is 0 Å². The third-order valence-corrected chi connectivity index (χ3v) is 6.60. The van der Waals surface area contributed by atoms with Crippen LogP contribution in [-0.2, 0) is 20.5 Å². The minimum absolute atomic E-state index is 0.0171. The van der Waals surface area contributed by atoms with Gasteiger partial charge in [-0.2, -0.15) is 0 Å². The van der Waals surface area contributed by atoms with Crippen LogP contribution in [0, 0.1) is 5.41 Å². The van der Waals surface area contributed by atoms with E-state index in [2.05, 4.69) is 15.4 Å². The normalized spacial score (nSPS) is 26.3. The van der Waals surface area contributed by atoms with Gasteiger partial charge in [0.25, 0.3) is 0 Å². The Hall–Kier alpha value is -1.22. The van der Waals surface area contributed by atoms with Crippen molar-refractivity contribution in [1.82, 2.24) is 15.4 Å². The first-order valence-corrected chi connectivity index (χ1v) is 12.4. The predicted octanol–water partition coefficient (Wildman–Crippen LogP) is 2.26. The van der Waals surface area contributed by atoms with Gasteiger partial charge in [-0.3, -0.25) is 10.1 Å². The average molecular weight is 442 g/mol. The minimum atomic E-state index is -0.994. The van der Waals surface area contributed by atoms with E-state index < -0.39 is 21.9 Å². The molecule has 30 heavy (non-hydrogen) atoms. The Morgan fingerprint density at radius 1 is 1.20 bits per heavy atom. The molecule has 0 aromatic heterocycles. The van der Waals surface area contributed by atoms with Gasteiger partial charge in [0.1, 0.15) is 6.10 Å². The molecule has 1 amide bonds. The van der Waals surface area contributed by atoms with Crippen molar-refractivity contribution in [3.05, 3.63) is 23.6 Å². The number of amides is 1. The highest BCUT2D eigenvalue weighted by Crippen LogP contribution is 2.32. The maximum Gasteiger partial charge on any atom is 0.246 e. The molecule has 172 valence electrons. The summed E-state index contributed by atoms with van der Waals surface area (Å²) in [5, 5.41) is 16.1.